The Morgan fingerprint density at radius 2 is 2.04 bits per heavy atom. The van der Waals surface area contributed by atoms with Crippen LogP contribution in [0.15, 0.2) is 12.3 Å². The Hall–Kier alpha value is -1.79. The van der Waals surface area contributed by atoms with Crippen molar-refractivity contribution in [3.63, 3.8) is 0 Å². The first-order valence-corrected chi connectivity index (χ1v) is 10.4. The zero-order chi connectivity index (χ0) is 19.9. The standard InChI is InChI=1S/C21H26ClFN4O/c1-13-4-3-6-21(13)7-10-27(11-8-21)20-16(12-28)26-18(14(2)25-20)15-5-9-24-19(23)17(15)22/h5,9,13,28H,3-4,6-8,10-12H2,1-2H3/t13-/m1/s1. The van der Waals surface area contributed by atoms with Crippen molar-refractivity contribution in [1.29, 1.82) is 0 Å². The van der Waals surface area contributed by atoms with Crippen molar-refractivity contribution in [2.45, 2.75) is 52.6 Å². The van der Waals surface area contributed by atoms with Gasteiger partial charge in [-0.15, -0.1) is 0 Å². The molecule has 2 fully saturated rings. The van der Waals surface area contributed by atoms with E-state index in [2.05, 4.69) is 21.8 Å². The summed E-state index contributed by atoms with van der Waals surface area (Å²) in [7, 11) is 0. The molecule has 0 radical (unpaired) electrons. The minimum atomic E-state index is -0.734. The molecular weight excluding hydrogens is 379 g/mol. The third kappa shape index (κ3) is 3.26. The van der Waals surface area contributed by atoms with Crippen molar-refractivity contribution in [3.05, 3.63) is 34.6 Å². The van der Waals surface area contributed by atoms with Crippen molar-refractivity contribution >= 4 is 17.4 Å². The number of halogens is 2. The molecule has 4 rings (SSSR count). The molecule has 1 aliphatic heterocycles. The van der Waals surface area contributed by atoms with Crippen molar-refractivity contribution in [3.8, 4) is 11.3 Å². The van der Waals surface area contributed by atoms with Crippen LogP contribution in [0.3, 0.4) is 0 Å². The van der Waals surface area contributed by atoms with Gasteiger partial charge in [-0.2, -0.15) is 4.39 Å². The zero-order valence-electron chi connectivity index (χ0n) is 16.4. The Bertz CT molecular complexity index is 883. The molecule has 0 aromatic carbocycles. The summed E-state index contributed by atoms with van der Waals surface area (Å²) in [6.45, 7) is 5.86. The Labute approximate surface area is 170 Å². The Kier molecular flexibility index (Phi) is 5.27. The van der Waals surface area contributed by atoms with Gasteiger partial charge in [-0.05, 0) is 43.6 Å². The zero-order valence-corrected chi connectivity index (χ0v) is 17.1. The van der Waals surface area contributed by atoms with E-state index in [-0.39, 0.29) is 11.6 Å². The first-order chi connectivity index (χ1) is 13.4. The number of aliphatic hydroxyl groups is 1. The maximum atomic E-state index is 13.8. The molecule has 28 heavy (non-hydrogen) atoms. The van der Waals surface area contributed by atoms with Crippen LogP contribution in [0.1, 0.15) is 50.4 Å². The van der Waals surface area contributed by atoms with Gasteiger partial charge >= 0.3 is 0 Å². The fourth-order valence-corrected chi connectivity index (χ4v) is 5.18. The Morgan fingerprint density at radius 1 is 1.29 bits per heavy atom. The molecule has 1 saturated heterocycles. The summed E-state index contributed by atoms with van der Waals surface area (Å²) in [6.07, 6.45) is 7.66. The van der Waals surface area contributed by atoms with Gasteiger partial charge in [0.15, 0.2) is 5.82 Å². The molecule has 1 spiro atoms. The summed E-state index contributed by atoms with van der Waals surface area (Å²) < 4.78 is 13.8. The number of anilines is 1. The van der Waals surface area contributed by atoms with Crippen LogP contribution >= 0.6 is 11.6 Å². The van der Waals surface area contributed by atoms with Crippen LogP contribution in [0.25, 0.3) is 11.3 Å². The molecule has 5 nitrogen and oxygen atoms in total. The average molecular weight is 405 g/mol. The van der Waals surface area contributed by atoms with Crippen molar-refractivity contribution in [2.24, 2.45) is 11.3 Å². The number of aliphatic hydroxyl groups excluding tert-OH is 1. The van der Waals surface area contributed by atoms with Gasteiger partial charge in [-0.1, -0.05) is 31.4 Å². The predicted molar refractivity (Wildman–Crippen MR) is 108 cm³/mol. The summed E-state index contributed by atoms with van der Waals surface area (Å²) in [4.78, 5) is 15.2. The average Bonchev–Trinajstić information content (AvgIpc) is 3.04. The smallest absolute Gasteiger partial charge is 0.232 e. The van der Waals surface area contributed by atoms with Crippen LogP contribution in [-0.2, 0) is 6.61 Å². The van der Waals surface area contributed by atoms with Crippen LogP contribution in [0.5, 0.6) is 0 Å². The van der Waals surface area contributed by atoms with E-state index in [9.17, 15) is 9.50 Å². The summed E-state index contributed by atoms with van der Waals surface area (Å²) in [5.74, 6) is 0.780. The second-order valence-electron chi connectivity index (χ2n) is 8.19. The number of rotatable bonds is 3. The highest BCUT2D eigenvalue weighted by atomic mass is 35.5. The lowest BCUT2D eigenvalue weighted by molar-refractivity contribution is 0.161. The Morgan fingerprint density at radius 3 is 2.68 bits per heavy atom. The number of hydrogen-bond acceptors (Lipinski definition) is 5. The van der Waals surface area contributed by atoms with E-state index in [1.165, 1.54) is 25.5 Å². The first-order valence-electron chi connectivity index (χ1n) is 9.99. The van der Waals surface area contributed by atoms with E-state index < -0.39 is 5.95 Å². The van der Waals surface area contributed by atoms with Crippen LogP contribution in [-0.4, -0.2) is 33.1 Å². The van der Waals surface area contributed by atoms with Crippen LogP contribution in [0.2, 0.25) is 5.02 Å². The van der Waals surface area contributed by atoms with Gasteiger partial charge in [-0.3, -0.25) is 0 Å². The third-order valence-electron chi connectivity index (χ3n) is 6.79. The maximum Gasteiger partial charge on any atom is 0.232 e. The number of pyridine rings is 1. The lowest BCUT2D eigenvalue weighted by Gasteiger charge is -2.43. The molecule has 1 N–H and O–H groups in total. The molecule has 150 valence electrons. The minimum Gasteiger partial charge on any atom is -0.390 e. The summed E-state index contributed by atoms with van der Waals surface area (Å²) in [6, 6.07) is 1.62. The number of aromatic nitrogens is 3. The van der Waals surface area contributed by atoms with E-state index in [4.69, 9.17) is 16.6 Å². The normalized spacial score (nSPS) is 21.5. The van der Waals surface area contributed by atoms with Gasteiger partial charge in [-0.25, -0.2) is 15.0 Å². The van der Waals surface area contributed by atoms with Crippen LogP contribution in [0, 0.1) is 24.2 Å². The lowest BCUT2D eigenvalue weighted by atomic mass is 9.71. The van der Waals surface area contributed by atoms with E-state index >= 15 is 0 Å². The topological polar surface area (TPSA) is 62.1 Å². The summed E-state index contributed by atoms with van der Waals surface area (Å²) in [5.41, 5.74) is 2.56. The van der Waals surface area contributed by atoms with Crippen molar-refractivity contribution in [1.82, 2.24) is 15.0 Å². The quantitative estimate of drug-likeness (QED) is 0.761. The number of nitrogens with zero attached hydrogens (tertiary/aromatic N) is 4. The molecular formula is C21H26ClFN4O. The second kappa shape index (κ2) is 7.56. The molecule has 0 unspecified atom stereocenters. The Balaban J connectivity index is 1.64. The van der Waals surface area contributed by atoms with Crippen LogP contribution in [0.4, 0.5) is 10.2 Å². The number of piperidine rings is 1. The highest BCUT2D eigenvalue weighted by Crippen LogP contribution is 2.50. The van der Waals surface area contributed by atoms with E-state index in [0.29, 0.717) is 28.1 Å². The summed E-state index contributed by atoms with van der Waals surface area (Å²) >= 11 is 6.09. The number of aryl methyl sites for hydroxylation is 1. The van der Waals surface area contributed by atoms with Gasteiger partial charge in [0.05, 0.1) is 18.0 Å². The van der Waals surface area contributed by atoms with Gasteiger partial charge in [0.25, 0.3) is 0 Å². The molecule has 0 bridgehead atoms. The molecule has 1 atom stereocenters. The highest BCUT2D eigenvalue weighted by Gasteiger charge is 2.42. The molecule has 7 heteroatoms. The van der Waals surface area contributed by atoms with Gasteiger partial charge in [0.1, 0.15) is 10.7 Å². The molecule has 2 aliphatic rings. The van der Waals surface area contributed by atoms with E-state index in [1.54, 1.807) is 6.07 Å². The molecule has 2 aromatic heterocycles. The molecule has 1 aliphatic carbocycles. The largest absolute Gasteiger partial charge is 0.390 e. The van der Waals surface area contributed by atoms with Crippen molar-refractivity contribution in [2.75, 3.05) is 18.0 Å². The van der Waals surface area contributed by atoms with Crippen LogP contribution < -0.4 is 4.90 Å². The summed E-state index contributed by atoms with van der Waals surface area (Å²) in [5, 5.41) is 9.86. The second-order valence-corrected chi connectivity index (χ2v) is 8.57. The first kappa shape index (κ1) is 19.5. The van der Waals surface area contributed by atoms with Gasteiger partial charge < -0.3 is 10.0 Å². The SMILES string of the molecule is Cc1nc(N2CCC3(CCC[C@H]3C)CC2)c(CO)nc1-c1ccnc(F)c1Cl. The molecule has 0 amide bonds. The molecule has 1 saturated carbocycles. The maximum absolute atomic E-state index is 13.8. The van der Waals surface area contributed by atoms with Crippen molar-refractivity contribution < 1.29 is 9.50 Å². The predicted octanol–water partition coefficient (Wildman–Crippen LogP) is 4.54. The molecule has 2 aromatic rings. The number of hydrogen-bond donors (Lipinski definition) is 1. The fourth-order valence-electron chi connectivity index (χ4n) is 4.98. The van der Waals surface area contributed by atoms with Gasteiger partial charge in [0, 0.05) is 24.8 Å². The fraction of sp³-hybridized carbons (Fsp3) is 0.571. The lowest BCUT2D eigenvalue weighted by Crippen LogP contribution is -2.42. The monoisotopic (exact) mass is 404 g/mol. The van der Waals surface area contributed by atoms with E-state index in [1.807, 2.05) is 6.92 Å². The highest BCUT2D eigenvalue weighted by molar-refractivity contribution is 6.33. The van der Waals surface area contributed by atoms with E-state index in [0.717, 1.165) is 37.7 Å². The van der Waals surface area contributed by atoms with Gasteiger partial charge in [0.2, 0.25) is 5.95 Å². The molecule has 3 heterocycles. The third-order valence-corrected chi connectivity index (χ3v) is 7.15. The minimum absolute atomic E-state index is 0.0772.